The average Bonchev–Trinajstić information content (AvgIpc) is 3.00. The number of aromatic amines is 1. The fraction of sp³-hybridized carbons (Fsp3) is 0.250. The first-order valence-electron chi connectivity index (χ1n) is 6.57. The van der Waals surface area contributed by atoms with Crippen LogP contribution in [0.4, 0.5) is 0 Å². The van der Waals surface area contributed by atoms with E-state index in [1.165, 1.54) is 7.11 Å². The number of H-pyrrole nitrogens is 1. The first-order valence-corrected chi connectivity index (χ1v) is 6.57. The maximum absolute atomic E-state index is 12.4. The van der Waals surface area contributed by atoms with Gasteiger partial charge in [0.1, 0.15) is 5.69 Å². The Morgan fingerprint density at radius 1 is 1.35 bits per heavy atom. The molecule has 0 fully saturated rings. The number of rotatable bonds is 3. The summed E-state index contributed by atoms with van der Waals surface area (Å²) in [6, 6.07) is 11.6. The molecule has 4 nitrogen and oxygen atoms in total. The number of esters is 1. The Morgan fingerprint density at radius 3 is 2.75 bits per heavy atom. The normalized spacial score (nSPS) is 17.1. The fourth-order valence-corrected chi connectivity index (χ4v) is 2.72. The third-order valence-electron chi connectivity index (χ3n) is 3.72. The largest absolute Gasteiger partial charge is 0.464 e. The Balaban J connectivity index is 1.78. The SMILES string of the molecule is COC(=O)c1cc2c([nH]1)C[C@@H](Cc1ccccc1)C2=O. The van der Waals surface area contributed by atoms with Gasteiger partial charge in [0.2, 0.25) is 0 Å². The minimum Gasteiger partial charge on any atom is -0.464 e. The van der Waals surface area contributed by atoms with E-state index in [1.807, 2.05) is 30.3 Å². The van der Waals surface area contributed by atoms with Gasteiger partial charge < -0.3 is 9.72 Å². The summed E-state index contributed by atoms with van der Waals surface area (Å²) in [5.41, 5.74) is 2.98. The van der Waals surface area contributed by atoms with Crippen LogP contribution in [0.15, 0.2) is 36.4 Å². The number of carbonyl (C=O) groups excluding carboxylic acids is 2. The molecule has 20 heavy (non-hydrogen) atoms. The summed E-state index contributed by atoms with van der Waals surface area (Å²) in [5.74, 6) is -0.368. The van der Waals surface area contributed by atoms with Crippen molar-refractivity contribution in [3.05, 3.63) is 58.9 Å². The monoisotopic (exact) mass is 269 g/mol. The molecule has 1 aromatic carbocycles. The van der Waals surface area contributed by atoms with Gasteiger partial charge in [-0.1, -0.05) is 30.3 Å². The molecular weight excluding hydrogens is 254 g/mol. The first-order chi connectivity index (χ1) is 9.69. The number of fused-ring (bicyclic) bond motifs is 1. The van der Waals surface area contributed by atoms with Gasteiger partial charge >= 0.3 is 5.97 Å². The molecule has 0 amide bonds. The lowest BCUT2D eigenvalue weighted by atomic mass is 9.96. The number of hydrogen-bond donors (Lipinski definition) is 1. The smallest absolute Gasteiger partial charge is 0.354 e. The van der Waals surface area contributed by atoms with Gasteiger partial charge in [-0.2, -0.15) is 0 Å². The summed E-state index contributed by atoms with van der Waals surface area (Å²) >= 11 is 0. The molecule has 4 heteroatoms. The molecule has 1 aliphatic carbocycles. The van der Waals surface area contributed by atoms with Crippen molar-refractivity contribution < 1.29 is 14.3 Å². The van der Waals surface area contributed by atoms with Crippen LogP contribution in [-0.2, 0) is 17.6 Å². The second kappa shape index (κ2) is 4.96. The molecular formula is C16H15NO3. The van der Waals surface area contributed by atoms with E-state index in [0.29, 0.717) is 17.7 Å². The third kappa shape index (κ3) is 2.13. The van der Waals surface area contributed by atoms with E-state index in [4.69, 9.17) is 0 Å². The Morgan fingerprint density at radius 2 is 2.10 bits per heavy atom. The highest BCUT2D eigenvalue weighted by Gasteiger charge is 2.33. The summed E-state index contributed by atoms with van der Waals surface area (Å²) in [4.78, 5) is 26.8. The zero-order valence-electron chi connectivity index (χ0n) is 11.2. The van der Waals surface area contributed by atoms with Gasteiger partial charge in [0.15, 0.2) is 5.78 Å². The van der Waals surface area contributed by atoms with E-state index in [0.717, 1.165) is 17.7 Å². The molecule has 0 unspecified atom stereocenters. The molecule has 3 rings (SSSR count). The van der Waals surface area contributed by atoms with E-state index in [1.54, 1.807) is 6.07 Å². The number of nitrogens with one attached hydrogen (secondary N) is 1. The van der Waals surface area contributed by atoms with Crippen LogP contribution in [0.5, 0.6) is 0 Å². The van der Waals surface area contributed by atoms with Gasteiger partial charge in [-0.25, -0.2) is 4.79 Å². The molecule has 102 valence electrons. The molecule has 0 bridgehead atoms. The van der Waals surface area contributed by atoms with Crippen molar-refractivity contribution >= 4 is 11.8 Å². The first kappa shape index (κ1) is 12.7. The van der Waals surface area contributed by atoms with Crippen LogP contribution in [0.3, 0.4) is 0 Å². The maximum atomic E-state index is 12.4. The molecule has 0 spiro atoms. The third-order valence-corrected chi connectivity index (χ3v) is 3.72. The van der Waals surface area contributed by atoms with Crippen LogP contribution >= 0.6 is 0 Å². The lowest BCUT2D eigenvalue weighted by Crippen LogP contribution is -2.13. The summed E-state index contributed by atoms with van der Waals surface area (Å²) in [7, 11) is 1.33. The van der Waals surface area contributed by atoms with E-state index >= 15 is 0 Å². The Labute approximate surface area is 116 Å². The van der Waals surface area contributed by atoms with Gasteiger partial charge in [0.25, 0.3) is 0 Å². The molecule has 1 aromatic heterocycles. The summed E-state index contributed by atoms with van der Waals surface area (Å²) in [6.45, 7) is 0. The highest BCUT2D eigenvalue weighted by Crippen LogP contribution is 2.29. The fourth-order valence-electron chi connectivity index (χ4n) is 2.72. The second-order valence-corrected chi connectivity index (χ2v) is 5.02. The van der Waals surface area contributed by atoms with Crippen molar-refractivity contribution in [1.29, 1.82) is 0 Å². The van der Waals surface area contributed by atoms with Crippen molar-refractivity contribution in [3.63, 3.8) is 0 Å². The summed E-state index contributed by atoms with van der Waals surface area (Å²) in [6.07, 6.45) is 1.38. The Bertz CT molecular complexity index is 658. The molecule has 1 aliphatic rings. The quantitative estimate of drug-likeness (QED) is 0.870. The molecule has 0 aliphatic heterocycles. The van der Waals surface area contributed by atoms with E-state index in [2.05, 4.69) is 9.72 Å². The second-order valence-electron chi connectivity index (χ2n) is 5.02. The lowest BCUT2D eigenvalue weighted by Gasteiger charge is -2.08. The predicted octanol–water partition coefficient (Wildman–Crippen LogP) is 2.40. The molecule has 1 heterocycles. The minimum atomic E-state index is -0.438. The highest BCUT2D eigenvalue weighted by molar-refractivity contribution is 6.04. The van der Waals surface area contributed by atoms with Crippen molar-refractivity contribution in [3.8, 4) is 0 Å². The molecule has 0 saturated heterocycles. The van der Waals surface area contributed by atoms with Crippen LogP contribution in [-0.4, -0.2) is 23.8 Å². The number of hydrogen-bond acceptors (Lipinski definition) is 3. The van der Waals surface area contributed by atoms with Gasteiger partial charge in [-0.15, -0.1) is 0 Å². The minimum absolute atomic E-state index is 0.0367. The van der Waals surface area contributed by atoms with E-state index in [-0.39, 0.29) is 11.7 Å². The van der Waals surface area contributed by atoms with Gasteiger partial charge in [-0.3, -0.25) is 4.79 Å². The number of aromatic nitrogens is 1. The van der Waals surface area contributed by atoms with Crippen LogP contribution in [0.25, 0.3) is 0 Å². The Kier molecular flexibility index (Phi) is 3.14. The molecule has 1 N–H and O–H groups in total. The predicted molar refractivity (Wildman–Crippen MR) is 73.8 cm³/mol. The van der Waals surface area contributed by atoms with Gasteiger partial charge in [0.05, 0.1) is 7.11 Å². The van der Waals surface area contributed by atoms with Crippen molar-refractivity contribution in [2.75, 3.05) is 7.11 Å². The number of ketones is 1. The number of carbonyl (C=O) groups is 2. The molecule has 0 saturated carbocycles. The standard InChI is InChI=1S/C16H15NO3/c1-20-16(19)14-9-12-13(17-14)8-11(15(12)18)7-10-5-3-2-4-6-10/h2-6,9,11,17H,7-8H2,1H3/t11-/m1/s1. The number of Topliss-reactive ketones (excluding diaryl/α,β-unsaturated/α-hetero) is 1. The van der Waals surface area contributed by atoms with Gasteiger partial charge in [-0.05, 0) is 24.5 Å². The molecule has 2 aromatic rings. The van der Waals surface area contributed by atoms with Crippen LogP contribution < -0.4 is 0 Å². The van der Waals surface area contributed by atoms with E-state index < -0.39 is 5.97 Å². The number of benzene rings is 1. The molecule has 0 radical (unpaired) electrons. The van der Waals surface area contributed by atoms with Crippen molar-refractivity contribution in [2.45, 2.75) is 12.8 Å². The van der Waals surface area contributed by atoms with Gasteiger partial charge in [0, 0.05) is 17.2 Å². The highest BCUT2D eigenvalue weighted by atomic mass is 16.5. The Hall–Kier alpha value is -2.36. The van der Waals surface area contributed by atoms with Crippen LogP contribution in [0.2, 0.25) is 0 Å². The maximum Gasteiger partial charge on any atom is 0.354 e. The van der Waals surface area contributed by atoms with Crippen LogP contribution in [0, 0.1) is 5.92 Å². The van der Waals surface area contributed by atoms with Crippen molar-refractivity contribution in [2.24, 2.45) is 5.92 Å². The lowest BCUT2D eigenvalue weighted by molar-refractivity contribution is 0.0594. The average molecular weight is 269 g/mol. The number of ether oxygens (including phenoxy) is 1. The van der Waals surface area contributed by atoms with Crippen molar-refractivity contribution in [1.82, 2.24) is 4.98 Å². The van der Waals surface area contributed by atoms with Crippen LogP contribution in [0.1, 0.15) is 32.1 Å². The number of methoxy groups -OCH3 is 1. The zero-order valence-corrected chi connectivity index (χ0v) is 11.2. The summed E-state index contributed by atoms with van der Waals surface area (Å²) in [5, 5.41) is 0. The zero-order chi connectivity index (χ0) is 14.1. The van der Waals surface area contributed by atoms with E-state index in [9.17, 15) is 9.59 Å². The topological polar surface area (TPSA) is 59.2 Å². The molecule has 1 atom stereocenters. The summed E-state index contributed by atoms with van der Waals surface area (Å²) < 4.78 is 4.65.